The molecule has 0 aliphatic carbocycles. The van der Waals surface area contributed by atoms with Gasteiger partial charge in [0, 0.05) is 25.8 Å². The van der Waals surface area contributed by atoms with Gasteiger partial charge in [-0.15, -0.1) is 0 Å². The van der Waals surface area contributed by atoms with Crippen LogP contribution in [0.5, 0.6) is 0 Å². The molecule has 18 heavy (non-hydrogen) atoms. The van der Waals surface area contributed by atoms with Gasteiger partial charge in [0.2, 0.25) is 0 Å². The van der Waals surface area contributed by atoms with Gasteiger partial charge in [0.15, 0.2) is 0 Å². The molecule has 0 saturated carbocycles. The number of ether oxygens (including phenoxy) is 1. The van der Waals surface area contributed by atoms with Crippen LogP contribution in [0.2, 0.25) is 0 Å². The number of amides is 1. The number of hydrogen-bond acceptors (Lipinski definition) is 3. The van der Waals surface area contributed by atoms with Gasteiger partial charge in [-0.25, -0.2) is 0 Å². The van der Waals surface area contributed by atoms with Crippen molar-refractivity contribution in [3.05, 3.63) is 35.4 Å². The van der Waals surface area contributed by atoms with Crippen LogP contribution in [0.25, 0.3) is 0 Å². The third-order valence-corrected chi connectivity index (χ3v) is 2.86. The molecule has 0 aliphatic rings. The van der Waals surface area contributed by atoms with Gasteiger partial charge in [-0.3, -0.25) is 4.79 Å². The fourth-order valence-electron chi connectivity index (χ4n) is 1.78. The Bertz CT molecular complexity index is 372. The van der Waals surface area contributed by atoms with Gasteiger partial charge < -0.3 is 15.4 Å². The Morgan fingerprint density at radius 2 is 2.06 bits per heavy atom. The number of hydrogen-bond donors (Lipinski definition) is 1. The maximum atomic E-state index is 12.4. The highest BCUT2D eigenvalue weighted by Gasteiger charge is 2.16. The molecule has 0 atom stereocenters. The molecule has 0 saturated heterocycles. The average molecular weight is 250 g/mol. The number of nitrogens with two attached hydrogens (primary N) is 1. The Balaban J connectivity index is 2.77. The quantitative estimate of drug-likeness (QED) is 0.796. The van der Waals surface area contributed by atoms with E-state index in [0.717, 1.165) is 17.5 Å². The lowest BCUT2D eigenvalue weighted by molar-refractivity contribution is 0.0694. The van der Waals surface area contributed by atoms with Crippen LogP contribution in [0.1, 0.15) is 22.3 Å². The largest absolute Gasteiger partial charge is 0.383 e. The predicted molar refractivity (Wildman–Crippen MR) is 72.6 cm³/mol. The molecule has 2 N–H and O–H groups in total. The number of carbonyl (C=O) groups is 1. The lowest BCUT2D eigenvalue weighted by atomic mass is 10.1. The van der Waals surface area contributed by atoms with E-state index in [1.807, 2.05) is 31.2 Å². The van der Waals surface area contributed by atoms with E-state index in [1.54, 1.807) is 12.0 Å². The summed E-state index contributed by atoms with van der Waals surface area (Å²) in [7, 11) is 1.64. The first-order valence-electron chi connectivity index (χ1n) is 6.24. The van der Waals surface area contributed by atoms with Crippen molar-refractivity contribution in [2.45, 2.75) is 13.3 Å². The Morgan fingerprint density at radius 3 is 2.67 bits per heavy atom. The molecular weight excluding hydrogens is 228 g/mol. The average Bonchev–Trinajstić information content (AvgIpc) is 2.39. The van der Waals surface area contributed by atoms with Gasteiger partial charge in [0.1, 0.15) is 0 Å². The number of aryl methyl sites for hydroxylation is 1. The minimum Gasteiger partial charge on any atom is -0.383 e. The van der Waals surface area contributed by atoms with E-state index >= 15 is 0 Å². The summed E-state index contributed by atoms with van der Waals surface area (Å²) in [5.74, 6) is 0.0543. The number of nitrogens with zero attached hydrogens (tertiary/aromatic N) is 1. The molecule has 100 valence electrons. The third-order valence-electron chi connectivity index (χ3n) is 2.86. The molecule has 0 aliphatic heterocycles. The first kappa shape index (κ1) is 14.7. The van der Waals surface area contributed by atoms with Crippen LogP contribution in [0.3, 0.4) is 0 Å². The number of benzene rings is 1. The van der Waals surface area contributed by atoms with Crippen LogP contribution in [-0.2, 0) is 4.74 Å². The van der Waals surface area contributed by atoms with Crippen LogP contribution in [0.4, 0.5) is 0 Å². The molecule has 1 amide bonds. The summed E-state index contributed by atoms with van der Waals surface area (Å²) in [5, 5.41) is 0. The molecule has 1 aromatic carbocycles. The zero-order valence-electron chi connectivity index (χ0n) is 11.2. The number of methoxy groups -OCH3 is 1. The van der Waals surface area contributed by atoms with Crippen molar-refractivity contribution in [2.24, 2.45) is 5.73 Å². The van der Waals surface area contributed by atoms with Gasteiger partial charge in [-0.05, 0) is 31.5 Å². The van der Waals surface area contributed by atoms with Crippen molar-refractivity contribution in [3.63, 3.8) is 0 Å². The fraction of sp³-hybridized carbons (Fsp3) is 0.500. The molecule has 4 nitrogen and oxygen atoms in total. The Labute approximate surface area is 109 Å². The minimum atomic E-state index is 0.0543. The topological polar surface area (TPSA) is 55.6 Å². The van der Waals surface area contributed by atoms with Crippen LogP contribution in [0, 0.1) is 6.92 Å². The standard InChI is InChI=1S/C14H22N2O2/c1-12-6-3-4-7-13(12)14(17)16(9-5-8-15)10-11-18-2/h3-4,6-7H,5,8-11,15H2,1-2H3. The molecular formula is C14H22N2O2. The van der Waals surface area contributed by atoms with E-state index in [2.05, 4.69) is 0 Å². The van der Waals surface area contributed by atoms with Gasteiger partial charge in [0.05, 0.1) is 6.61 Å². The van der Waals surface area contributed by atoms with E-state index in [-0.39, 0.29) is 5.91 Å². The summed E-state index contributed by atoms with van der Waals surface area (Å²) in [6.45, 7) is 4.36. The molecule has 4 heteroatoms. The molecule has 0 heterocycles. The normalized spacial score (nSPS) is 10.4. The van der Waals surface area contributed by atoms with Gasteiger partial charge in [0.25, 0.3) is 5.91 Å². The van der Waals surface area contributed by atoms with Gasteiger partial charge >= 0.3 is 0 Å². The van der Waals surface area contributed by atoms with Crippen LogP contribution >= 0.6 is 0 Å². The van der Waals surface area contributed by atoms with Crippen molar-refractivity contribution in [1.29, 1.82) is 0 Å². The van der Waals surface area contributed by atoms with Crippen LogP contribution in [-0.4, -0.2) is 44.2 Å². The summed E-state index contributed by atoms with van der Waals surface area (Å²) < 4.78 is 5.04. The highest BCUT2D eigenvalue weighted by molar-refractivity contribution is 5.95. The van der Waals surface area contributed by atoms with Crippen LogP contribution in [0.15, 0.2) is 24.3 Å². The summed E-state index contributed by atoms with van der Waals surface area (Å²) >= 11 is 0. The van der Waals surface area contributed by atoms with Gasteiger partial charge in [-0.1, -0.05) is 18.2 Å². The van der Waals surface area contributed by atoms with Gasteiger partial charge in [-0.2, -0.15) is 0 Å². The van der Waals surface area contributed by atoms with Crippen molar-refractivity contribution in [3.8, 4) is 0 Å². The summed E-state index contributed by atoms with van der Waals surface area (Å²) in [5.41, 5.74) is 7.26. The van der Waals surface area contributed by atoms with E-state index in [4.69, 9.17) is 10.5 Å². The molecule has 0 spiro atoms. The van der Waals surface area contributed by atoms with E-state index in [1.165, 1.54) is 0 Å². The maximum absolute atomic E-state index is 12.4. The molecule has 0 fully saturated rings. The minimum absolute atomic E-state index is 0.0543. The van der Waals surface area contributed by atoms with Crippen molar-refractivity contribution >= 4 is 5.91 Å². The molecule has 0 unspecified atom stereocenters. The van der Waals surface area contributed by atoms with E-state index < -0.39 is 0 Å². The number of rotatable bonds is 7. The Morgan fingerprint density at radius 1 is 1.33 bits per heavy atom. The first-order valence-corrected chi connectivity index (χ1v) is 6.24. The molecule has 1 aromatic rings. The SMILES string of the molecule is COCCN(CCCN)C(=O)c1ccccc1C. The molecule has 0 radical (unpaired) electrons. The first-order chi connectivity index (χ1) is 8.70. The predicted octanol–water partition coefficient (Wildman–Crippen LogP) is 1.43. The van der Waals surface area contributed by atoms with Crippen LogP contribution < -0.4 is 5.73 Å². The smallest absolute Gasteiger partial charge is 0.254 e. The zero-order chi connectivity index (χ0) is 13.4. The molecule has 0 aromatic heterocycles. The van der Waals surface area contributed by atoms with Crippen molar-refractivity contribution < 1.29 is 9.53 Å². The second-order valence-electron chi connectivity index (χ2n) is 4.24. The summed E-state index contributed by atoms with van der Waals surface area (Å²) in [4.78, 5) is 14.2. The fourth-order valence-corrected chi connectivity index (χ4v) is 1.78. The Kier molecular flexibility index (Phi) is 6.39. The highest BCUT2D eigenvalue weighted by atomic mass is 16.5. The van der Waals surface area contributed by atoms with Crippen molar-refractivity contribution in [1.82, 2.24) is 4.90 Å². The van der Waals surface area contributed by atoms with E-state index in [0.29, 0.717) is 26.2 Å². The third kappa shape index (κ3) is 4.13. The number of carbonyl (C=O) groups excluding carboxylic acids is 1. The highest BCUT2D eigenvalue weighted by Crippen LogP contribution is 2.10. The summed E-state index contributed by atoms with van der Waals surface area (Å²) in [6.07, 6.45) is 0.807. The van der Waals surface area contributed by atoms with E-state index in [9.17, 15) is 4.79 Å². The Hall–Kier alpha value is -1.39. The summed E-state index contributed by atoms with van der Waals surface area (Å²) in [6, 6.07) is 7.63. The monoisotopic (exact) mass is 250 g/mol. The maximum Gasteiger partial charge on any atom is 0.254 e. The molecule has 1 rings (SSSR count). The second kappa shape index (κ2) is 7.84. The second-order valence-corrected chi connectivity index (χ2v) is 4.24. The molecule has 0 bridgehead atoms. The zero-order valence-corrected chi connectivity index (χ0v) is 11.2. The lowest BCUT2D eigenvalue weighted by Crippen LogP contribution is -2.36. The van der Waals surface area contributed by atoms with Crippen molar-refractivity contribution in [2.75, 3.05) is 33.4 Å². The lowest BCUT2D eigenvalue weighted by Gasteiger charge is -2.23.